The quantitative estimate of drug-likeness (QED) is 0.606. The average Bonchev–Trinajstić information content (AvgIpc) is 2.24. The molecule has 0 bridgehead atoms. The molecule has 0 N–H and O–H groups in total. The summed E-state index contributed by atoms with van der Waals surface area (Å²) >= 11 is 0. The highest BCUT2D eigenvalue weighted by molar-refractivity contribution is 7.10. The fourth-order valence-electron chi connectivity index (χ4n) is 1.20. The van der Waals surface area contributed by atoms with E-state index in [9.17, 15) is 26.3 Å². The van der Waals surface area contributed by atoms with Gasteiger partial charge < -0.3 is 9.05 Å². The van der Waals surface area contributed by atoms with Crippen LogP contribution < -0.4 is 9.05 Å². The lowest BCUT2D eigenvalue weighted by atomic mass is 10.1. The first kappa shape index (κ1) is 15.3. The van der Waals surface area contributed by atoms with Crippen LogP contribution in [0.4, 0.5) is 26.3 Å². The largest absolute Gasteiger partial charge is 0.480 e. The van der Waals surface area contributed by atoms with E-state index in [0.29, 0.717) is 6.07 Å². The first-order chi connectivity index (χ1) is 8.11. The van der Waals surface area contributed by atoms with Crippen molar-refractivity contribution in [2.45, 2.75) is 12.4 Å². The van der Waals surface area contributed by atoms with Gasteiger partial charge in [-0.3, -0.25) is 0 Å². The molecule has 0 aliphatic rings. The zero-order valence-corrected chi connectivity index (χ0v) is 10.7. The molecule has 2 nitrogen and oxygen atoms in total. The molecule has 0 fully saturated rings. The van der Waals surface area contributed by atoms with Gasteiger partial charge in [0.05, 0.1) is 30.1 Å². The van der Waals surface area contributed by atoms with Crippen LogP contribution in [0.15, 0.2) is 12.1 Å². The minimum atomic E-state index is -4.97. The average molecular weight is 310 g/mol. The summed E-state index contributed by atoms with van der Waals surface area (Å²) in [5, 5.41) is 0. The number of benzene rings is 1. The standard InChI is InChI=1S/C8H6F6O2P2/c9-7(10,11)3-1-4(8(12,13)14)6(16-18)2-5(3)15-17/h1-2H,17-18H2. The summed E-state index contributed by atoms with van der Waals surface area (Å²) in [5.74, 6) is -1.56. The van der Waals surface area contributed by atoms with Crippen molar-refractivity contribution in [1.29, 1.82) is 0 Å². The molecule has 0 saturated carbocycles. The summed E-state index contributed by atoms with van der Waals surface area (Å²) in [6, 6.07) is 0.463. The molecule has 10 heteroatoms. The fraction of sp³-hybridized carbons (Fsp3) is 0.250. The van der Waals surface area contributed by atoms with E-state index in [1.165, 1.54) is 18.9 Å². The van der Waals surface area contributed by atoms with Gasteiger partial charge >= 0.3 is 12.4 Å². The van der Waals surface area contributed by atoms with Gasteiger partial charge in [0.1, 0.15) is 11.5 Å². The van der Waals surface area contributed by atoms with Crippen molar-refractivity contribution in [2.75, 3.05) is 0 Å². The van der Waals surface area contributed by atoms with Crippen LogP contribution in [0.1, 0.15) is 11.1 Å². The van der Waals surface area contributed by atoms with Crippen molar-refractivity contribution in [3.8, 4) is 11.5 Å². The summed E-state index contributed by atoms with van der Waals surface area (Å²) in [7, 11) is 3.06. The van der Waals surface area contributed by atoms with Gasteiger partial charge in [-0.2, -0.15) is 26.3 Å². The van der Waals surface area contributed by atoms with Crippen LogP contribution in [-0.2, 0) is 12.4 Å². The Hall–Kier alpha value is -0.740. The van der Waals surface area contributed by atoms with E-state index >= 15 is 0 Å². The smallest absolute Gasteiger partial charge is 0.419 e. The SMILES string of the molecule is FC(F)(F)c1cc(C(F)(F)F)c(OP)cc1OP. The second-order valence-corrected chi connectivity index (χ2v) is 3.55. The molecule has 2 atom stereocenters. The van der Waals surface area contributed by atoms with E-state index in [2.05, 4.69) is 9.05 Å². The molecule has 0 heterocycles. The molecule has 1 aromatic rings. The highest BCUT2D eigenvalue weighted by Crippen LogP contribution is 2.45. The zero-order valence-electron chi connectivity index (χ0n) is 8.39. The molecular formula is C8H6F6O2P2. The molecule has 1 aromatic carbocycles. The maximum absolute atomic E-state index is 12.5. The van der Waals surface area contributed by atoms with E-state index < -0.39 is 35.0 Å². The molecule has 0 amide bonds. The van der Waals surface area contributed by atoms with Crippen LogP contribution in [0.2, 0.25) is 0 Å². The lowest BCUT2D eigenvalue weighted by molar-refractivity contribution is -0.143. The van der Waals surface area contributed by atoms with Crippen LogP contribution >= 0.6 is 18.9 Å². The minimum Gasteiger partial charge on any atom is -0.480 e. The number of hydrogen-bond donors (Lipinski definition) is 0. The highest BCUT2D eigenvalue weighted by atomic mass is 31.0. The maximum atomic E-state index is 12.5. The third kappa shape index (κ3) is 3.18. The normalized spacial score (nSPS) is 12.4. The molecule has 18 heavy (non-hydrogen) atoms. The van der Waals surface area contributed by atoms with E-state index in [1.54, 1.807) is 0 Å². The van der Waals surface area contributed by atoms with Crippen LogP contribution in [0, 0.1) is 0 Å². The lowest BCUT2D eigenvalue weighted by Crippen LogP contribution is -2.12. The van der Waals surface area contributed by atoms with Crippen LogP contribution in [0.3, 0.4) is 0 Å². The molecule has 0 aliphatic heterocycles. The van der Waals surface area contributed by atoms with Crippen LogP contribution in [0.25, 0.3) is 0 Å². The summed E-state index contributed by atoms with van der Waals surface area (Å²) in [5.41, 5.74) is -3.06. The number of halogens is 6. The second kappa shape index (κ2) is 5.10. The Morgan fingerprint density at radius 3 is 1.28 bits per heavy atom. The van der Waals surface area contributed by atoms with E-state index in [1.807, 2.05) is 0 Å². The van der Waals surface area contributed by atoms with Gasteiger partial charge in [-0.05, 0) is 6.07 Å². The van der Waals surface area contributed by atoms with Gasteiger partial charge in [0.25, 0.3) is 0 Å². The molecule has 2 unspecified atom stereocenters. The molecule has 0 aliphatic carbocycles. The van der Waals surface area contributed by atoms with Crippen molar-refractivity contribution in [3.63, 3.8) is 0 Å². The molecule has 0 spiro atoms. The Balaban J connectivity index is 3.55. The summed E-state index contributed by atoms with van der Waals surface area (Å²) in [6.07, 6.45) is -9.93. The number of alkyl halides is 6. The van der Waals surface area contributed by atoms with Crippen molar-refractivity contribution >= 4 is 18.9 Å². The van der Waals surface area contributed by atoms with E-state index in [4.69, 9.17) is 0 Å². The molecule has 102 valence electrons. The minimum absolute atomic E-state index is 0.0568. The maximum Gasteiger partial charge on any atom is 0.419 e. The van der Waals surface area contributed by atoms with Gasteiger partial charge in [-0.1, -0.05) is 0 Å². The third-order valence-electron chi connectivity index (χ3n) is 1.95. The fourth-order valence-corrected chi connectivity index (χ4v) is 1.59. The Kier molecular flexibility index (Phi) is 4.34. The van der Waals surface area contributed by atoms with Crippen molar-refractivity contribution in [3.05, 3.63) is 23.3 Å². The number of hydrogen-bond acceptors (Lipinski definition) is 2. The Morgan fingerprint density at radius 1 is 0.722 bits per heavy atom. The Labute approximate surface area is 102 Å². The molecule has 1 rings (SSSR count). The van der Waals surface area contributed by atoms with Crippen molar-refractivity contribution in [1.82, 2.24) is 0 Å². The molecular weight excluding hydrogens is 304 g/mol. The number of rotatable bonds is 2. The summed E-state index contributed by atoms with van der Waals surface area (Å²) in [6.45, 7) is 0. The van der Waals surface area contributed by atoms with Gasteiger partial charge in [0.15, 0.2) is 0 Å². The van der Waals surface area contributed by atoms with Crippen molar-refractivity contribution in [2.24, 2.45) is 0 Å². The first-order valence-electron chi connectivity index (χ1n) is 4.17. The second-order valence-electron chi connectivity index (χ2n) is 3.08. The van der Waals surface area contributed by atoms with Gasteiger partial charge in [-0.15, -0.1) is 0 Å². The van der Waals surface area contributed by atoms with Crippen LogP contribution in [-0.4, -0.2) is 0 Å². The third-order valence-corrected chi connectivity index (χ3v) is 2.45. The predicted octanol–water partition coefficient (Wildman–Crippen LogP) is 4.06. The first-order valence-corrected chi connectivity index (χ1v) is 5.11. The van der Waals surface area contributed by atoms with Crippen LogP contribution in [0.5, 0.6) is 11.5 Å². The Morgan fingerprint density at radius 2 is 1.06 bits per heavy atom. The van der Waals surface area contributed by atoms with Gasteiger partial charge in [0.2, 0.25) is 0 Å². The molecule has 0 aromatic heterocycles. The molecule has 0 radical (unpaired) electrons. The summed E-state index contributed by atoms with van der Waals surface area (Å²) in [4.78, 5) is 0. The monoisotopic (exact) mass is 310 g/mol. The lowest BCUT2D eigenvalue weighted by Gasteiger charge is -2.17. The highest BCUT2D eigenvalue weighted by Gasteiger charge is 2.41. The zero-order chi connectivity index (χ0) is 14.1. The predicted molar refractivity (Wildman–Crippen MR) is 57.1 cm³/mol. The van der Waals surface area contributed by atoms with Crippen molar-refractivity contribution < 1.29 is 35.4 Å². The van der Waals surface area contributed by atoms with Gasteiger partial charge in [0, 0.05) is 6.07 Å². The topological polar surface area (TPSA) is 18.5 Å². The van der Waals surface area contributed by atoms with Gasteiger partial charge in [-0.25, -0.2) is 0 Å². The van der Waals surface area contributed by atoms with E-state index in [-0.39, 0.29) is 6.07 Å². The van der Waals surface area contributed by atoms with E-state index in [0.717, 1.165) is 0 Å². The molecule has 0 saturated heterocycles. The summed E-state index contributed by atoms with van der Waals surface area (Å²) < 4.78 is 83.9. The Bertz CT molecular complexity index is 405.